The zero-order valence-electron chi connectivity index (χ0n) is 13.2. The van der Waals surface area contributed by atoms with Gasteiger partial charge < -0.3 is 10.6 Å². The summed E-state index contributed by atoms with van der Waals surface area (Å²) in [4.78, 5) is 25.4. The lowest BCUT2D eigenvalue weighted by Crippen LogP contribution is -2.31. The number of thioether (sulfide) groups is 1. The summed E-state index contributed by atoms with van der Waals surface area (Å²) >= 11 is 1.84. The number of benzene rings is 2. The summed E-state index contributed by atoms with van der Waals surface area (Å²) in [6.07, 6.45) is 2.10. The van der Waals surface area contributed by atoms with E-state index in [0.29, 0.717) is 18.4 Å². The van der Waals surface area contributed by atoms with Crippen LogP contribution in [0, 0.1) is 0 Å². The van der Waals surface area contributed by atoms with Crippen molar-refractivity contribution in [2.75, 3.05) is 11.1 Å². The fraction of sp³-hybridized carbons (Fsp3) is 0.263. The molecule has 0 spiro atoms. The summed E-state index contributed by atoms with van der Waals surface area (Å²) in [6.45, 7) is 0. The number of rotatable bonds is 2. The average Bonchev–Trinajstić information content (AvgIpc) is 2.61. The number of nitrogens with one attached hydrogen (secondary N) is 2. The molecule has 1 atom stereocenters. The minimum atomic E-state index is -0.0543. The van der Waals surface area contributed by atoms with Gasteiger partial charge in [0, 0.05) is 28.3 Å². The molecule has 0 saturated heterocycles. The predicted molar refractivity (Wildman–Crippen MR) is 95.4 cm³/mol. The molecule has 0 bridgehead atoms. The molecule has 2 aliphatic heterocycles. The van der Waals surface area contributed by atoms with E-state index < -0.39 is 0 Å². The van der Waals surface area contributed by atoms with Crippen molar-refractivity contribution in [3.63, 3.8) is 0 Å². The normalized spacial score (nSPS) is 19.0. The molecule has 0 saturated carbocycles. The van der Waals surface area contributed by atoms with Crippen LogP contribution in [0.15, 0.2) is 47.4 Å². The van der Waals surface area contributed by atoms with Gasteiger partial charge in [-0.3, -0.25) is 9.59 Å². The molecule has 0 unspecified atom stereocenters. The van der Waals surface area contributed by atoms with E-state index in [1.807, 2.05) is 36.0 Å². The summed E-state index contributed by atoms with van der Waals surface area (Å²) in [7, 11) is 0. The molecule has 4 nitrogen and oxygen atoms in total. The molecule has 2 aliphatic rings. The molecule has 2 aromatic rings. The number of anilines is 1. The zero-order chi connectivity index (χ0) is 16.5. The fourth-order valence-electron chi connectivity index (χ4n) is 3.26. The maximum absolute atomic E-state index is 12.7. The van der Waals surface area contributed by atoms with Crippen LogP contribution in [0.2, 0.25) is 0 Å². The molecular formula is C19H18N2O2S. The number of aryl methyl sites for hydroxylation is 1. The minimum Gasteiger partial charge on any atom is -0.345 e. The van der Waals surface area contributed by atoms with E-state index in [-0.39, 0.29) is 17.9 Å². The van der Waals surface area contributed by atoms with Gasteiger partial charge in [0.1, 0.15) is 0 Å². The van der Waals surface area contributed by atoms with Gasteiger partial charge >= 0.3 is 0 Å². The molecule has 0 fully saturated rings. The third-order valence-corrected chi connectivity index (χ3v) is 5.65. The second kappa shape index (κ2) is 6.32. The predicted octanol–water partition coefficient (Wildman–Crippen LogP) is 3.54. The summed E-state index contributed by atoms with van der Waals surface area (Å²) in [5.74, 6) is 0.996. The highest BCUT2D eigenvalue weighted by Gasteiger charge is 2.23. The van der Waals surface area contributed by atoms with Crippen molar-refractivity contribution in [1.82, 2.24) is 5.32 Å². The third-order valence-electron chi connectivity index (χ3n) is 4.53. The van der Waals surface area contributed by atoms with Gasteiger partial charge in [-0.25, -0.2) is 0 Å². The molecule has 24 heavy (non-hydrogen) atoms. The Bertz CT molecular complexity index is 819. The SMILES string of the molecule is O=C1CCc2cc(C(=O)N[C@@H]3CCSc4ccccc43)ccc2N1. The quantitative estimate of drug-likeness (QED) is 0.880. The number of carbonyl (C=O) groups is 2. The van der Waals surface area contributed by atoms with Gasteiger partial charge in [0.05, 0.1) is 6.04 Å². The Morgan fingerprint density at radius 2 is 2.04 bits per heavy atom. The van der Waals surface area contributed by atoms with Crippen LogP contribution in [0.25, 0.3) is 0 Å². The van der Waals surface area contributed by atoms with Crippen LogP contribution in [-0.2, 0) is 11.2 Å². The second-order valence-corrected chi connectivity index (χ2v) is 7.26. The zero-order valence-corrected chi connectivity index (χ0v) is 14.0. The first kappa shape index (κ1) is 15.3. The van der Waals surface area contributed by atoms with E-state index >= 15 is 0 Å². The lowest BCUT2D eigenvalue weighted by molar-refractivity contribution is -0.116. The summed E-state index contributed by atoms with van der Waals surface area (Å²) in [5, 5.41) is 6.01. The van der Waals surface area contributed by atoms with Crippen molar-refractivity contribution < 1.29 is 9.59 Å². The Morgan fingerprint density at radius 1 is 1.17 bits per heavy atom. The second-order valence-electron chi connectivity index (χ2n) is 6.12. The number of hydrogen-bond acceptors (Lipinski definition) is 3. The molecule has 122 valence electrons. The Morgan fingerprint density at radius 3 is 2.96 bits per heavy atom. The molecule has 2 amide bonds. The van der Waals surface area contributed by atoms with Crippen molar-refractivity contribution in [3.05, 3.63) is 59.2 Å². The summed E-state index contributed by atoms with van der Waals surface area (Å²) in [5.41, 5.74) is 3.71. The maximum atomic E-state index is 12.7. The monoisotopic (exact) mass is 338 g/mol. The van der Waals surface area contributed by atoms with Crippen molar-refractivity contribution in [3.8, 4) is 0 Å². The average molecular weight is 338 g/mol. The van der Waals surface area contributed by atoms with Gasteiger partial charge in [-0.1, -0.05) is 18.2 Å². The van der Waals surface area contributed by atoms with E-state index in [1.54, 1.807) is 6.07 Å². The molecule has 0 aromatic heterocycles. The van der Waals surface area contributed by atoms with Crippen LogP contribution in [0.3, 0.4) is 0 Å². The van der Waals surface area contributed by atoms with Crippen LogP contribution in [0.4, 0.5) is 5.69 Å². The van der Waals surface area contributed by atoms with Gasteiger partial charge in [0.25, 0.3) is 5.91 Å². The van der Waals surface area contributed by atoms with Crippen molar-refractivity contribution >= 4 is 29.3 Å². The highest BCUT2D eigenvalue weighted by molar-refractivity contribution is 7.99. The van der Waals surface area contributed by atoms with E-state index in [9.17, 15) is 9.59 Å². The fourth-order valence-corrected chi connectivity index (χ4v) is 4.38. The highest BCUT2D eigenvalue weighted by atomic mass is 32.2. The Labute approximate surface area is 145 Å². The number of amides is 2. The van der Waals surface area contributed by atoms with Crippen LogP contribution in [0.5, 0.6) is 0 Å². The highest BCUT2D eigenvalue weighted by Crippen LogP contribution is 2.36. The molecule has 4 rings (SSSR count). The molecule has 2 heterocycles. The van der Waals surface area contributed by atoms with Gasteiger partial charge in [-0.2, -0.15) is 0 Å². The van der Waals surface area contributed by atoms with Gasteiger partial charge in [-0.05, 0) is 48.2 Å². The summed E-state index contributed by atoms with van der Waals surface area (Å²) in [6, 6.07) is 13.8. The van der Waals surface area contributed by atoms with Crippen molar-refractivity contribution in [2.24, 2.45) is 0 Å². The minimum absolute atomic E-state index is 0.0380. The molecular weight excluding hydrogens is 320 g/mol. The van der Waals surface area contributed by atoms with Crippen LogP contribution in [-0.4, -0.2) is 17.6 Å². The molecule has 0 aliphatic carbocycles. The number of carbonyl (C=O) groups excluding carboxylic acids is 2. The van der Waals surface area contributed by atoms with E-state index in [4.69, 9.17) is 0 Å². The third kappa shape index (κ3) is 2.91. The lowest BCUT2D eigenvalue weighted by atomic mass is 9.99. The van der Waals surface area contributed by atoms with Gasteiger partial charge in [-0.15, -0.1) is 11.8 Å². The number of hydrogen-bond donors (Lipinski definition) is 2. The Kier molecular flexibility index (Phi) is 4.02. The van der Waals surface area contributed by atoms with E-state index in [1.165, 1.54) is 10.5 Å². The molecule has 2 aromatic carbocycles. The first-order valence-electron chi connectivity index (χ1n) is 8.16. The topological polar surface area (TPSA) is 58.2 Å². The standard InChI is InChI=1S/C19H18N2O2S/c22-18-8-6-12-11-13(5-7-15(12)20-18)19(23)21-16-9-10-24-17-4-2-1-3-14(16)17/h1-5,7,11,16H,6,8-10H2,(H,20,22)(H,21,23)/t16-/m1/s1. The van der Waals surface area contributed by atoms with Gasteiger partial charge in [0.2, 0.25) is 5.91 Å². The lowest BCUT2D eigenvalue weighted by Gasteiger charge is -2.26. The van der Waals surface area contributed by atoms with Crippen molar-refractivity contribution in [2.45, 2.75) is 30.2 Å². The van der Waals surface area contributed by atoms with Crippen LogP contribution in [0.1, 0.15) is 40.4 Å². The molecule has 0 radical (unpaired) electrons. The maximum Gasteiger partial charge on any atom is 0.251 e. The smallest absolute Gasteiger partial charge is 0.251 e. The van der Waals surface area contributed by atoms with E-state index in [0.717, 1.165) is 23.4 Å². The van der Waals surface area contributed by atoms with E-state index in [2.05, 4.69) is 22.8 Å². The molecule has 5 heteroatoms. The largest absolute Gasteiger partial charge is 0.345 e. The first-order valence-corrected chi connectivity index (χ1v) is 9.14. The van der Waals surface area contributed by atoms with Crippen LogP contribution >= 0.6 is 11.8 Å². The van der Waals surface area contributed by atoms with Crippen molar-refractivity contribution in [1.29, 1.82) is 0 Å². The van der Waals surface area contributed by atoms with Crippen LogP contribution < -0.4 is 10.6 Å². The Hall–Kier alpha value is -2.27. The van der Waals surface area contributed by atoms with Gasteiger partial charge in [0.15, 0.2) is 0 Å². The molecule has 2 N–H and O–H groups in total. The Balaban J connectivity index is 1.54. The first-order chi connectivity index (χ1) is 11.7. The number of fused-ring (bicyclic) bond motifs is 2. The summed E-state index contributed by atoms with van der Waals surface area (Å²) < 4.78 is 0.